The molecule has 0 aliphatic carbocycles. The third-order valence-corrected chi connectivity index (χ3v) is 11.8. The maximum absolute atomic E-state index is 6.68. The third kappa shape index (κ3) is 40.8. The molecule has 5 N–H and O–H groups in total. The van der Waals surface area contributed by atoms with Crippen LogP contribution in [0.25, 0.3) is 0 Å². The Hall–Kier alpha value is -0.900. The second kappa shape index (κ2) is 46.5. The average Bonchev–Trinajstić information content (AvgIpc) is 3.18. The second-order valence-corrected chi connectivity index (χ2v) is 17.1. The fourth-order valence-electron chi connectivity index (χ4n) is 8.07. The molecule has 3 heteroatoms. The smallest absolute Gasteiger partial charge is 0.0546 e. The van der Waals surface area contributed by atoms with Crippen LogP contribution < -0.4 is 16.8 Å². The van der Waals surface area contributed by atoms with Crippen LogP contribution in [-0.4, -0.2) is 19.3 Å². The van der Waals surface area contributed by atoms with E-state index in [0.717, 1.165) is 25.9 Å². The highest BCUT2D eigenvalue weighted by molar-refractivity contribution is 4.84. The highest BCUT2D eigenvalue weighted by Crippen LogP contribution is 2.27. The predicted molar refractivity (Wildman–Crippen MR) is 247 cm³/mol. The number of allylic oxidation sites excluding steroid dienone is 6. The van der Waals surface area contributed by atoms with Gasteiger partial charge in [0.1, 0.15) is 0 Å². The van der Waals surface area contributed by atoms with Gasteiger partial charge in [0.25, 0.3) is 0 Å². The SMILES string of the molecule is CCCCCCCC/C=C\CCCCCCC(N)NCC(CCCCC/C=C\CCCCCCCC)C(CCN)CCCC/C=C\CCCCCCCC. The van der Waals surface area contributed by atoms with Gasteiger partial charge in [-0.15, -0.1) is 0 Å². The van der Waals surface area contributed by atoms with Crippen molar-refractivity contribution in [2.45, 2.75) is 265 Å². The van der Waals surface area contributed by atoms with Crippen molar-refractivity contribution in [2.24, 2.45) is 23.3 Å². The lowest BCUT2D eigenvalue weighted by Crippen LogP contribution is -2.41. The maximum atomic E-state index is 6.68. The van der Waals surface area contributed by atoms with Gasteiger partial charge in [0.05, 0.1) is 6.17 Å². The molecule has 0 aliphatic rings. The van der Waals surface area contributed by atoms with E-state index in [2.05, 4.69) is 62.5 Å². The summed E-state index contributed by atoms with van der Waals surface area (Å²) in [7, 11) is 0. The summed E-state index contributed by atoms with van der Waals surface area (Å²) >= 11 is 0. The second-order valence-electron chi connectivity index (χ2n) is 17.1. The van der Waals surface area contributed by atoms with E-state index in [1.54, 1.807) is 0 Å². The van der Waals surface area contributed by atoms with E-state index in [4.69, 9.17) is 11.5 Å². The van der Waals surface area contributed by atoms with E-state index >= 15 is 0 Å². The van der Waals surface area contributed by atoms with Crippen molar-refractivity contribution in [3.63, 3.8) is 0 Å². The fourth-order valence-corrected chi connectivity index (χ4v) is 8.07. The number of nitrogens with two attached hydrogens (primary N) is 2. The summed E-state index contributed by atoms with van der Waals surface area (Å²) in [5.41, 5.74) is 12.9. The third-order valence-electron chi connectivity index (χ3n) is 11.8. The van der Waals surface area contributed by atoms with Crippen molar-refractivity contribution in [1.29, 1.82) is 0 Å². The van der Waals surface area contributed by atoms with Crippen molar-refractivity contribution in [3.8, 4) is 0 Å². The molecular weight excluding hydrogens is 655 g/mol. The Balaban J connectivity index is 4.54. The summed E-state index contributed by atoms with van der Waals surface area (Å²) < 4.78 is 0. The molecule has 0 spiro atoms. The number of hydrogen-bond donors (Lipinski definition) is 3. The van der Waals surface area contributed by atoms with E-state index in [9.17, 15) is 0 Å². The molecule has 3 unspecified atom stereocenters. The van der Waals surface area contributed by atoms with Gasteiger partial charge in [-0.3, -0.25) is 0 Å². The Morgan fingerprint density at radius 3 is 1.06 bits per heavy atom. The standard InChI is InChI=1S/C51H101N3/c1-4-7-10-13-16-19-22-25-27-30-33-36-39-42-45-51(53)54-48-50(44-41-38-35-32-29-26-23-20-17-14-11-8-5-2)49(46-47-52)43-40-37-34-31-28-24-21-18-15-12-9-6-3/h25-29,31,49-51,54H,4-24,30,32-48,52-53H2,1-3H3/b27-25-,29-26-,31-28-. The number of hydrogen-bond acceptors (Lipinski definition) is 3. The molecule has 0 amide bonds. The maximum Gasteiger partial charge on any atom is 0.0546 e. The summed E-state index contributed by atoms with van der Waals surface area (Å²) in [5.74, 6) is 1.40. The topological polar surface area (TPSA) is 64.1 Å². The zero-order chi connectivity index (χ0) is 39.3. The summed E-state index contributed by atoms with van der Waals surface area (Å²) in [6.07, 6.45) is 64.1. The van der Waals surface area contributed by atoms with Crippen LogP contribution in [0.2, 0.25) is 0 Å². The molecule has 0 aromatic carbocycles. The highest BCUT2D eigenvalue weighted by Gasteiger charge is 2.21. The van der Waals surface area contributed by atoms with Crippen LogP contribution in [0.1, 0.15) is 258 Å². The van der Waals surface area contributed by atoms with Gasteiger partial charge in [-0.05, 0) is 121 Å². The minimum absolute atomic E-state index is 0.122. The van der Waals surface area contributed by atoms with Crippen LogP contribution in [0.4, 0.5) is 0 Å². The molecular formula is C51H101N3. The molecule has 3 atom stereocenters. The molecule has 0 aliphatic heterocycles. The van der Waals surface area contributed by atoms with E-state index in [1.807, 2.05) is 0 Å². The van der Waals surface area contributed by atoms with Crippen LogP contribution in [0.15, 0.2) is 36.5 Å². The molecule has 0 heterocycles. The molecule has 0 fully saturated rings. The summed E-state index contributed by atoms with van der Waals surface area (Å²) in [4.78, 5) is 0. The van der Waals surface area contributed by atoms with Gasteiger partial charge in [-0.1, -0.05) is 198 Å². The molecule has 0 saturated carbocycles. The molecule has 0 aromatic rings. The first-order chi connectivity index (χ1) is 26.7. The normalized spacial score (nSPS) is 13.9. The average molecular weight is 756 g/mol. The van der Waals surface area contributed by atoms with Crippen LogP contribution in [0.3, 0.4) is 0 Å². The first kappa shape index (κ1) is 53.1. The van der Waals surface area contributed by atoms with Crippen molar-refractivity contribution < 1.29 is 0 Å². The number of rotatable bonds is 45. The van der Waals surface area contributed by atoms with E-state index in [1.165, 1.54) is 225 Å². The molecule has 3 nitrogen and oxygen atoms in total. The lowest BCUT2D eigenvalue weighted by Gasteiger charge is -2.29. The summed E-state index contributed by atoms with van der Waals surface area (Å²) in [6, 6.07) is 0. The van der Waals surface area contributed by atoms with Crippen molar-refractivity contribution in [1.82, 2.24) is 5.32 Å². The highest BCUT2D eigenvalue weighted by atomic mass is 15.0. The Morgan fingerprint density at radius 1 is 0.352 bits per heavy atom. The molecule has 320 valence electrons. The summed E-state index contributed by atoms with van der Waals surface area (Å²) in [6.45, 7) is 8.76. The zero-order valence-electron chi connectivity index (χ0n) is 37.4. The van der Waals surface area contributed by atoms with Gasteiger partial charge in [0.2, 0.25) is 0 Å². The monoisotopic (exact) mass is 756 g/mol. The molecule has 54 heavy (non-hydrogen) atoms. The lowest BCUT2D eigenvalue weighted by molar-refractivity contribution is 0.248. The van der Waals surface area contributed by atoms with E-state index in [0.29, 0.717) is 11.8 Å². The van der Waals surface area contributed by atoms with Gasteiger partial charge in [0, 0.05) is 0 Å². The number of nitrogens with one attached hydrogen (secondary N) is 1. The van der Waals surface area contributed by atoms with Crippen LogP contribution in [0.5, 0.6) is 0 Å². The predicted octanol–water partition coefficient (Wildman–Crippen LogP) is 16.2. The molecule has 0 rings (SSSR count). The van der Waals surface area contributed by atoms with Crippen LogP contribution in [-0.2, 0) is 0 Å². The molecule has 0 radical (unpaired) electrons. The van der Waals surface area contributed by atoms with Gasteiger partial charge in [-0.25, -0.2) is 0 Å². The quantitative estimate of drug-likeness (QED) is 0.0329. The largest absolute Gasteiger partial charge is 0.330 e. The molecule has 0 saturated heterocycles. The van der Waals surface area contributed by atoms with Gasteiger partial charge >= 0.3 is 0 Å². The van der Waals surface area contributed by atoms with Crippen LogP contribution in [0, 0.1) is 11.8 Å². The molecule has 0 aromatic heterocycles. The van der Waals surface area contributed by atoms with E-state index in [-0.39, 0.29) is 6.17 Å². The first-order valence-corrected chi connectivity index (χ1v) is 24.8. The van der Waals surface area contributed by atoms with Crippen molar-refractivity contribution in [3.05, 3.63) is 36.5 Å². The number of unbranched alkanes of at least 4 members (excludes halogenated alkanes) is 27. The van der Waals surface area contributed by atoms with E-state index < -0.39 is 0 Å². The summed E-state index contributed by atoms with van der Waals surface area (Å²) in [5, 5.41) is 3.81. The Morgan fingerprint density at radius 2 is 0.648 bits per heavy atom. The lowest BCUT2D eigenvalue weighted by atomic mass is 9.81. The fraction of sp³-hybridized carbons (Fsp3) is 0.882. The Labute approximate surface area is 341 Å². The van der Waals surface area contributed by atoms with Gasteiger partial charge in [0.15, 0.2) is 0 Å². The minimum Gasteiger partial charge on any atom is -0.330 e. The van der Waals surface area contributed by atoms with Crippen LogP contribution >= 0.6 is 0 Å². The molecule has 0 bridgehead atoms. The Bertz CT molecular complexity index is 773. The zero-order valence-corrected chi connectivity index (χ0v) is 37.4. The first-order valence-electron chi connectivity index (χ1n) is 24.8. The van der Waals surface area contributed by atoms with Crippen molar-refractivity contribution >= 4 is 0 Å². The van der Waals surface area contributed by atoms with Gasteiger partial charge in [-0.2, -0.15) is 0 Å². The van der Waals surface area contributed by atoms with Gasteiger partial charge < -0.3 is 16.8 Å². The van der Waals surface area contributed by atoms with Crippen molar-refractivity contribution in [2.75, 3.05) is 13.1 Å². The minimum atomic E-state index is 0.122. The Kier molecular flexibility index (Phi) is 45.7.